The molecule has 0 aliphatic carbocycles. The number of hydrogen-bond donors (Lipinski definition) is 2. The highest BCUT2D eigenvalue weighted by Crippen LogP contribution is 2.35. The molecule has 0 spiro atoms. The van der Waals surface area contributed by atoms with Crippen molar-refractivity contribution in [3.8, 4) is 5.75 Å². The van der Waals surface area contributed by atoms with Gasteiger partial charge in [0.1, 0.15) is 5.75 Å². The molecular formula is C15H18ClNO2S. The summed E-state index contributed by atoms with van der Waals surface area (Å²) in [7, 11) is 0. The Morgan fingerprint density at radius 1 is 1.25 bits per heavy atom. The second-order valence-electron chi connectivity index (χ2n) is 4.43. The first-order valence-corrected chi connectivity index (χ1v) is 7.71. The van der Waals surface area contributed by atoms with E-state index in [1.807, 2.05) is 37.3 Å². The summed E-state index contributed by atoms with van der Waals surface area (Å²) in [5.41, 5.74) is 6.82. The number of nitrogens with two attached hydrogens (primary N) is 1. The number of hydrogen-bond acceptors (Lipinski definition) is 4. The van der Waals surface area contributed by atoms with Crippen molar-refractivity contribution >= 4 is 22.9 Å². The van der Waals surface area contributed by atoms with Crippen molar-refractivity contribution in [3.63, 3.8) is 0 Å². The van der Waals surface area contributed by atoms with Crippen LogP contribution >= 0.6 is 22.9 Å². The topological polar surface area (TPSA) is 55.5 Å². The molecular weight excluding hydrogens is 294 g/mol. The Bertz CT molecular complexity index is 541. The minimum absolute atomic E-state index is 0.152. The Morgan fingerprint density at radius 3 is 2.45 bits per heavy atom. The van der Waals surface area contributed by atoms with E-state index >= 15 is 0 Å². The maximum atomic E-state index is 10.5. The van der Waals surface area contributed by atoms with Crippen molar-refractivity contribution in [2.45, 2.75) is 18.9 Å². The summed E-state index contributed by atoms with van der Waals surface area (Å²) < 4.78 is 6.08. The Morgan fingerprint density at radius 2 is 1.95 bits per heavy atom. The van der Waals surface area contributed by atoms with Crippen LogP contribution in [0.25, 0.3) is 0 Å². The smallest absolute Gasteiger partial charge is 0.119 e. The van der Waals surface area contributed by atoms with Crippen molar-refractivity contribution in [2.24, 2.45) is 5.73 Å². The van der Waals surface area contributed by atoms with Gasteiger partial charge < -0.3 is 15.6 Å². The Hall–Kier alpha value is -1.07. The molecule has 20 heavy (non-hydrogen) atoms. The fourth-order valence-electron chi connectivity index (χ4n) is 2.11. The second-order valence-corrected chi connectivity index (χ2v) is 6.18. The molecule has 0 amide bonds. The van der Waals surface area contributed by atoms with Crippen molar-refractivity contribution in [1.82, 2.24) is 0 Å². The van der Waals surface area contributed by atoms with Crippen LogP contribution in [0.3, 0.4) is 0 Å². The van der Waals surface area contributed by atoms with Gasteiger partial charge in [0.05, 0.1) is 17.0 Å². The molecule has 0 saturated carbocycles. The summed E-state index contributed by atoms with van der Waals surface area (Å²) in [5.74, 6) is 0.668. The third-order valence-corrected chi connectivity index (χ3v) is 4.44. The lowest BCUT2D eigenvalue weighted by Crippen LogP contribution is -2.19. The van der Waals surface area contributed by atoms with Crippen molar-refractivity contribution in [1.29, 1.82) is 0 Å². The molecule has 2 atom stereocenters. The van der Waals surface area contributed by atoms with Gasteiger partial charge in [-0.05, 0) is 36.8 Å². The zero-order chi connectivity index (χ0) is 14.5. The number of benzene rings is 1. The summed E-state index contributed by atoms with van der Waals surface area (Å²) in [6.45, 7) is 2.95. The zero-order valence-corrected chi connectivity index (χ0v) is 12.8. The Kier molecular flexibility index (Phi) is 5.43. The molecule has 0 saturated heterocycles. The Labute approximate surface area is 128 Å². The maximum Gasteiger partial charge on any atom is 0.119 e. The van der Waals surface area contributed by atoms with E-state index in [1.54, 1.807) is 6.07 Å². The second kappa shape index (κ2) is 7.09. The fraction of sp³-hybridized carbons (Fsp3) is 0.333. The fourth-order valence-corrected chi connectivity index (χ4v) is 3.22. The van der Waals surface area contributed by atoms with Crippen LogP contribution in [0, 0.1) is 0 Å². The lowest BCUT2D eigenvalue weighted by molar-refractivity contribution is 0.151. The van der Waals surface area contributed by atoms with E-state index in [0.29, 0.717) is 17.5 Å². The predicted octanol–water partition coefficient (Wildman–Crippen LogP) is 3.58. The average molecular weight is 312 g/mol. The van der Waals surface area contributed by atoms with Crippen LogP contribution in [0.1, 0.15) is 29.4 Å². The van der Waals surface area contributed by atoms with Gasteiger partial charge in [-0.25, -0.2) is 0 Å². The summed E-state index contributed by atoms with van der Waals surface area (Å²) in [6, 6.07) is 11.3. The minimum atomic E-state index is -0.643. The summed E-state index contributed by atoms with van der Waals surface area (Å²) in [5, 5.41) is 10.5. The van der Waals surface area contributed by atoms with Gasteiger partial charge in [-0.15, -0.1) is 11.3 Å². The average Bonchev–Trinajstić information content (AvgIpc) is 2.88. The van der Waals surface area contributed by atoms with Gasteiger partial charge in [-0.1, -0.05) is 23.7 Å². The highest BCUT2D eigenvalue weighted by atomic mass is 35.5. The van der Waals surface area contributed by atoms with Crippen molar-refractivity contribution in [3.05, 3.63) is 51.2 Å². The number of aliphatic hydroxyl groups excluding tert-OH is 1. The lowest BCUT2D eigenvalue weighted by Gasteiger charge is -2.21. The van der Waals surface area contributed by atoms with Crippen LogP contribution in [0.2, 0.25) is 4.34 Å². The quantitative estimate of drug-likeness (QED) is 0.857. The van der Waals surface area contributed by atoms with E-state index in [-0.39, 0.29) is 5.92 Å². The van der Waals surface area contributed by atoms with Crippen LogP contribution in [-0.2, 0) is 0 Å². The van der Waals surface area contributed by atoms with Crippen molar-refractivity contribution in [2.75, 3.05) is 13.2 Å². The molecule has 2 rings (SSSR count). The summed E-state index contributed by atoms with van der Waals surface area (Å²) in [4.78, 5) is 0.833. The third kappa shape index (κ3) is 3.52. The molecule has 5 heteroatoms. The Balaban J connectivity index is 2.18. The van der Waals surface area contributed by atoms with Gasteiger partial charge in [0.2, 0.25) is 0 Å². The van der Waals surface area contributed by atoms with Crippen LogP contribution < -0.4 is 10.5 Å². The van der Waals surface area contributed by atoms with Crippen molar-refractivity contribution < 1.29 is 9.84 Å². The number of aliphatic hydroxyl groups is 1. The monoisotopic (exact) mass is 311 g/mol. The summed E-state index contributed by atoms with van der Waals surface area (Å²) in [6.07, 6.45) is -0.643. The molecule has 0 aliphatic heterocycles. The third-order valence-electron chi connectivity index (χ3n) is 3.14. The van der Waals surface area contributed by atoms with E-state index in [1.165, 1.54) is 11.3 Å². The van der Waals surface area contributed by atoms with E-state index < -0.39 is 6.10 Å². The molecule has 0 radical (unpaired) electrons. The zero-order valence-electron chi connectivity index (χ0n) is 11.3. The number of ether oxygens (including phenoxy) is 1. The van der Waals surface area contributed by atoms with Gasteiger partial charge in [0, 0.05) is 17.3 Å². The standard InChI is InChI=1S/C15H18ClNO2S/c1-2-19-11-5-3-10(4-6-11)12(9-17)15(18)13-7-8-14(16)20-13/h3-8,12,15,18H,2,9,17H2,1H3. The molecule has 0 bridgehead atoms. The SMILES string of the molecule is CCOc1ccc(C(CN)C(O)c2ccc(Cl)s2)cc1. The molecule has 3 nitrogen and oxygen atoms in total. The van der Waals surface area contributed by atoms with Gasteiger partial charge in [-0.2, -0.15) is 0 Å². The van der Waals surface area contributed by atoms with Crippen LogP contribution in [0.15, 0.2) is 36.4 Å². The van der Waals surface area contributed by atoms with Gasteiger partial charge >= 0.3 is 0 Å². The molecule has 2 unspecified atom stereocenters. The van der Waals surface area contributed by atoms with Gasteiger partial charge in [0.25, 0.3) is 0 Å². The van der Waals surface area contributed by atoms with Crippen LogP contribution in [0.4, 0.5) is 0 Å². The number of rotatable bonds is 6. The largest absolute Gasteiger partial charge is 0.494 e. The molecule has 1 aromatic heterocycles. The number of thiophene rings is 1. The lowest BCUT2D eigenvalue weighted by atomic mass is 9.92. The minimum Gasteiger partial charge on any atom is -0.494 e. The van der Waals surface area contributed by atoms with Crippen LogP contribution in [0.5, 0.6) is 5.75 Å². The summed E-state index contributed by atoms with van der Waals surface area (Å²) >= 11 is 7.29. The molecule has 0 fully saturated rings. The van der Waals surface area contributed by atoms with Gasteiger partial charge in [0.15, 0.2) is 0 Å². The molecule has 2 aromatic rings. The van der Waals surface area contributed by atoms with E-state index in [9.17, 15) is 5.11 Å². The van der Waals surface area contributed by atoms with Crippen LogP contribution in [-0.4, -0.2) is 18.3 Å². The first kappa shape index (κ1) is 15.3. The molecule has 0 aliphatic rings. The van der Waals surface area contributed by atoms with E-state index in [0.717, 1.165) is 16.2 Å². The number of halogens is 1. The highest BCUT2D eigenvalue weighted by Gasteiger charge is 2.23. The first-order chi connectivity index (χ1) is 9.65. The maximum absolute atomic E-state index is 10.5. The molecule has 1 heterocycles. The highest BCUT2D eigenvalue weighted by molar-refractivity contribution is 7.16. The molecule has 3 N–H and O–H groups in total. The molecule has 1 aromatic carbocycles. The molecule has 108 valence electrons. The van der Waals surface area contributed by atoms with E-state index in [4.69, 9.17) is 22.1 Å². The first-order valence-electron chi connectivity index (χ1n) is 6.51. The van der Waals surface area contributed by atoms with Gasteiger partial charge in [-0.3, -0.25) is 0 Å². The predicted molar refractivity (Wildman–Crippen MR) is 83.7 cm³/mol. The normalized spacial score (nSPS) is 14.0. The van der Waals surface area contributed by atoms with E-state index in [2.05, 4.69) is 0 Å².